The Hall–Kier alpha value is -0.266. The molecule has 0 atom stereocenters. The number of pyridine rings is 1. The predicted octanol–water partition coefficient (Wildman–Crippen LogP) is 3.37. The molecule has 0 N–H and O–H groups in total. The maximum absolute atomic E-state index is 3.92. The number of hydrogen-bond acceptors (Lipinski definition) is 1. The number of benzene rings is 1. The van der Waals surface area contributed by atoms with E-state index in [1.54, 1.807) is 6.20 Å². The van der Waals surface area contributed by atoms with Crippen molar-refractivity contribution in [2.24, 2.45) is 0 Å². The van der Waals surface area contributed by atoms with E-state index >= 15 is 0 Å². The van der Waals surface area contributed by atoms with Gasteiger partial charge in [0.15, 0.2) is 0 Å². The van der Waals surface area contributed by atoms with Crippen molar-refractivity contribution < 1.29 is 32.7 Å². The molecule has 1 nitrogen and oxygen atoms in total. The van der Waals surface area contributed by atoms with E-state index in [1.165, 1.54) is 10.9 Å². The molecule has 0 aliphatic carbocycles. The summed E-state index contributed by atoms with van der Waals surface area (Å²) in [5.74, 6) is 0. The molecule has 0 bridgehead atoms. The Morgan fingerprint density at radius 2 is 1.86 bits per heavy atom. The van der Waals surface area contributed by atoms with Crippen LogP contribution in [0.2, 0.25) is 0 Å². The fourth-order valence-corrected chi connectivity index (χ4v) is 1.15. The van der Waals surface area contributed by atoms with Gasteiger partial charge in [0.05, 0.1) is 0 Å². The minimum Gasteiger partial charge on any atom is -0.360 e. The summed E-state index contributed by atoms with van der Waals surface area (Å²) in [4.78, 5) is 3.92. The van der Waals surface area contributed by atoms with Crippen molar-refractivity contribution in [2.45, 2.75) is 20.8 Å². The van der Waals surface area contributed by atoms with Gasteiger partial charge in [0.25, 0.3) is 0 Å². The Kier molecular flexibility index (Phi) is 6.95. The van der Waals surface area contributed by atoms with Crippen molar-refractivity contribution in [2.75, 3.05) is 0 Å². The summed E-state index contributed by atoms with van der Waals surface area (Å²) >= 11 is 0. The molecule has 0 fully saturated rings. The van der Waals surface area contributed by atoms with Gasteiger partial charge >= 0.3 is 0 Å². The van der Waals surface area contributed by atoms with E-state index in [0.29, 0.717) is 0 Å². The van der Waals surface area contributed by atoms with Crippen molar-refractivity contribution in [1.82, 2.24) is 4.98 Å². The molecule has 1 heterocycles. The smallest absolute Gasteiger partial charge is 0 e. The summed E-state index contributed by atoms with van der Waals surface area (Å²) in [5, 5.41) is 2.29. The third-order valence-electron chi connectivity index (χ3n) is 1.72. The van der Waals surface area contributed by atoms with Crippen LogP contribution in [0.25, 0.3) is 10.8 Å². The molecule has 0 aliphatic rings. The first-order valence-corrected chi connectivity index (χ1v) is 4.59. The Bertz CT molecular complexity index is 385. The van der Waals surface area contributed by atoms with E-state index in [2.05, 4.69) is 30.2 Å². The Balaban J connectivity index is 0.000000531. The quantitative estimate of drug-likeness (QED) is 0.662. The van der Waals surface area contributed by atoms with Gasteiger partial charge in [-0.3, -0.25) is 0 Å². The monoisotopic (exact) mass is 261 g/mol. The molecule has 1 aromatic carbocycles. The van der Waals surface area contributed by atoms with Crippen LogP contribution in [0.3, 0.4) is 0 Å². The zero-order chi connectivity index (χ0) is 9.68. The van der Waals surface area contributed by atoms with Gasteiger partial charge in [-0.1, -0.05) is 31.7 Å². The summed E-state index contributed by atoms with van der Waals surface area (Å²) in [7, 11) is 0. The maximum Gasteiger partial charge on any atom is 0 e. The van der Waals surface area contributed by atoms with Crippen molar-refractivity contribution in [3.8, 4) is 0 Å². The third-order valence-corrected chi connectivity index (χ3v) is 1.72. The van der Waals surface area contributed by atoms with Crippen LogP contribution >= 0.6 is 0 Å². The van der Waals surface area contributed by atoms with Crippen LogP contribution in [0.15, 0.2) is 30.5 Å². The van der Waals surface area contributed by atoms with Crippen LogP contribution < -0.4 is 0 Å². The fourth-order valence-electron chi connectivity index (χ4n) is 1.15. The molecular formula is C12H14NY-. The summed E-state index contributed by atoms with van der Waals surface area (Å²) < 4.78 is 0. The number of aromatic nitrogens is 1. The normalized spacial score (nSPS) is 8.50. The van der Waals surface area contributed by atoms with Crippen molar-refractivity contribution in [3.05, 3.63) is 42.2 Å². The van der Waals surface area contributed by atoms with E-state index < -0.39 is 0 Å². The van der Waals surface area contributed by atoms with Crippen molar-refractivity contribution >= 4 is 10.8 Å². The Morgan fingerprint density at radius 3 is 2.57 bits per heavy atom. The predicted molar refractivity (Wildman–Crippen MR) is 56.7 cm³/mol. The summed E-state index contributed by atoms with van der Waals surface area (Å²) in [6.45, 7) is 6.08. The minimum absolute atomic E-state index is 0. The molecule has 1 aromatic heterocycles. The Morgan fingerprint density at radius 1 is 1.14 bits per heavy atom. The SMILES string of the molecule is CC.Cc1ccc2[c-]nccc2c1.[Y]. The first kappa shape index (κ1) is 13.7. The van der Waals surface area contributed by atoms with Gasteiger partial charge in [-0.15, -0.1) is 29.0 Å². The van der Waals surface area contributed by atoms with Gasteiger partial charge in [-0.25, -0.2) is 0 Å². The third kappa shape index (κ3) is 3.47. The molecule has 71 valence electrons. The molecule has 1 radical (unpaired) electrons. The zero-order valence-electron chi connectivity index (χ0n) is 8.91. The number of hydrogen-bond donors (Lipinski definition) is 0. The van der Waals surface area contributed by atoms with E-state index in [1.807, 2.05) is 26.0 Å². The van der Waals surface area contributed by atoms with Crippen molar-refractivity contribution in [3.63, 3.8) is 0 Å². The molecule has 14 heavy (non-hydrogen) atoms. The standard InChI is InChI=1S/C10H8N.C2H6.Y/c1-8-2-3-10-7-11-5-4-9(10)6-8;1-2;/h2-6H,1H3;1-2H3;/q-1;;. The van der Waals surface area contributed by atoms with Crippen LogP contribution in [0.1, 0.15) is 19.4 Å². The van der Waals surface area contributed by atoms with Gasteiger partial charge in [0.1, 0.15) is 0 Å². The molecule has 2 heteroatoms. The topological polar surface area (TPSA) is 12.9 Å². The van der Waals surface area contributed by atoms with E-state index in [0.717, 1.165) is 5.39 Å². The molecule has 0 amide bonds. The Labute approximate surface area is 111 Å². The summed E-state index contributed by atoms with van der Waals surface area (Å²) in [6, 6.07) is 8.24. The molecule has 0 aliphatic heterocycles. The molecular weight excluding hydrogens is 247 g/mol. The van der Waals surface area contributed by atoms with Gasteiger partial charge in [-0.05, 0) is 13.1 Å². The van der Waals surface area contributed by atoms with Gasteiger partial charge < -0.3 is 4.98 Å². The summed E-state index contributed by atoms with van der Waals surface area (Å²) in [5.41, 5.74) is 1.28. The van der Waals surface area contributed by atoms with E-state index in [9.17, 15) is 0 Å². The van der Waals surface area contributed by atoms with E-state index in [4.69, 9.17) is 0 Å². The van der Waals surface area contributed by atoms with Gasteiger partial charge in [0.2, 0.25) is 0 Å². The zero-order valence-corrected chi connectivity index (χ0v) is 11.7. The maximum atomic E-state index is 3.92. The molecule has 2 aromatic rings. The van der Waals surface area contributed by atoms with Gasteiger partial charge in [0, 0.05) is 32.7 Å². The summed E-state index contributed by atoms with van der Waals surface area (Å²) in [6.07, 6.45) is 4.69. The number of nitrogens with zero attached hydrogens (tertiary/aromatic N) is 1. The second-order valence-corrected chi connectivity index (χ2v) is 2.65. The molecule has 0 saturated heterocycles. The minimum atomic E-state index is 0. The largest absolute Gasteiger partial charge is 0.360 e. The second kappa shape index (κ2) is 7.08. The van der Waals surface area contributed by atoms with Crippen LogP contribution in [0.4, 0.5) is 0 Å². The first-order chi connectivity index (χ1) is 6.36. The van der Waals surface area contributed by atoms with Crippen molar-refractivity contribution in [1.29, 1.82) is 0 Å². The second-order valence-electron chi connectivity index (χ2n) is 2.65. The van der Waals surface area contributed by atoms with Crippen LogP contribution in [-0.4, -0.2) is 4.98 Å². The van der Waals surface area contributed by atoms with E-state index in [-0.39, 0.29) is 32.7 Å². The average molecular weight is 261 g/mol. The average Bonchev–Trinajstić information content (AvgIpc) is 2.21. The number of rotatable bonds is 0. The first-order valence-electron chi connectivity index (χ1n) is 4.59. The van der Waals surface area contributed by atoms with Crippen LogP contribution in [0.5, 0.6) is 0 Å². The molecule has 2 rings (SSSR count). The van der Waals surface area contributed by atoms with Crippen LogP contribution in [0, 0.1) is 13.1 Å². The molecule has 0 saturated carbocycles. The van der Waals surface area contributed by atoms with Gasteiger partial charge in [-0.2, -0.15) is 0 Å². The molecule has 0 spiro atoms. The van der Waals surface area contributed by atoms with Crippen LogP contribution in [-0.2, 0) is 32.7 Å². The number of aryl methyl sites for hydroxylation is 1. The fraction of sp³-hybridized carbons (Fsp3) is 0.250. The number of fused-ring (bicyclic) bond motifs is 1. The molecule has 0 unspecified atom stereocenters.